The lowest BCUT2D eigenvalue weighted by Crippen LogP contribution is -2.49. The van der Waals surface area contributed by atoms with Crippen LogP contribution in [0.1, 0.15) is 17.7 Å². The zero-order valence-corrected chi connectivity index (χ0v) is 17.5. The minimum atomic E-state index is 0.146. The van der Waals surface area contributed by atoms with Crippen LogP contribution in [0.25, 0.3) is 22.4 Å². The van der Waals surface area contributed by atoms with Gasteiger partial charge in [-0.3, -0.25) is 4.79 Å². The molecule has 2 aromatic heterocycles. The highest BCUT2D eigenvalue weighted by molar-refractivity contribution is 5.83. The van der Waals surface area contributed by atoms with E-state index in [1.807, 2.05) is 21.9 Å². The van der Waals surface area contributed by atoms with Crippen molar-refractivity contribution < 1.29 is 13.6 Å². The normalized spacial score (nSPS) is 14.0. The summed E-state index contributed by atoms with van der Waals surface area (Å²) in [5.74, 6) is 1.35. The molecular weight excluding hydrogens is 404 g/mol. The molecule has 7 nitrogen and oxygen atoms in total. The second-order valence-corrected chi connectivity index (χ2v) is 7.81. The average molecular weight is 426 g/mol. The molecule has 1 aliphatic rings. The van der Waals surface area contributed by atoms with Crippen LogP contribution in [-0.2, 0) is 11.2 Å². The number of fused-ring (bicyclic) bond motifs is 1. The van der Waals surface area contributed by atoms with Gasteiger partial charge >= 0.3 is 0 Å². The standard InChI is InChI=1S/C25H22N4O3/c26-17-21-25(32-24(27-21)22-6-3-15-31-22)29-13-11-28(12-14-29)23(30)10-8-18-7-9-19-4-1-2-5-20(19)16-18/h1-7,9,15-16H,8,10-14H2. The molecule has 5 rings (SSSR count). The first-order valence-corrected chi connectivity index (χ1v) is 10.7. The summed E-state index contributed by atoms with van der Waals surface area (Å²) < 4.78 is 11.1. The monoisotopic (exact) mass is 426 g/mol. The summed E-state index contributed by atoms with van der Waals surface area (Å²) in [7, 11) is 0. The van der Waals surface area contributed by atoms with Crippen LogP contribution in [0.3, 0.4) is 0 Å². The number of hydrogen-bond donors (Lipinski definition) is 0. The molecule has 4 aromatic rings. The minimum Gasteiger partial charge on any atom is -0.459 e. The molecule has 7 heteroatoms. The van der Waals surface area contributed by atoms with Crippen molar-refractivity contribution in [1.82, 2.24) is 9.88 Å². The fraction of sp³-hybridized carbons (Fsp3) is 0.240. The zero-order valence-electron chi connectivity index (χ0n) is 17.5. The lowest BCUT2D eigenvalue weighted by molar-refractivity contribution is -0.131. The molecule has 1 saturated heterocycles. The van der Waals surface area contributed by atoms with Gasteiger partial charge in [-0.2, -0.15) is 10.2 Å². The average Bonchev–Trinajstić information content (AvgIpc) is 3.52. The summed E-state index contributed by atoms with van der Waals surface area (Å²) >= 11 is 0. The third-order valence-corrected chi connectivity index (χ3v) is 5.81. The number of aromatic nitrogens is 1. The van der Waals surface area contributed by atoms with E-state index in [4.69, 9.17) is 8.83 Å². The molecule has 0 radical (unpaired) electrons. The zero-order chi connectivity index (χ0) is 21.9. The number of nitrogens with zero attached hydrogens (tertiary/aromatic N) is 4. The van der Waals surface area contributed by atoms with Gasteiger partial charge in [0.05, 0.1) is 6.26 Å². The number of anilines is 1. The van der Waals surface area contributed by atoms with Crippen LogP contribution in [0.15, 0.2) is 69.7 Å². The molecule has 0 bridgehead atoms. The number of carbonyl (C=O) groups excluding carboxylic acids is 1. The Hall–Kier alpha value is -4.05. The number of carbonyl (C=O) groups is 1. The summed E-state index contributed by atoms with van der Waals surface area (Å²) in [5, 5.41) is 11.9. The quantitative estimate of drug-likeness (QED) is 0.474. The maximum Gasteiger partial charge on any atom is 0.266 e. The number of aryl methyl sites for hydroxylation is 1. The van der Waals surface area contributed by atoms with Crippen LogP contribution >= 0.6 is 0 Å². The van der Waals surface area contributed by atoms with E-state index in [1.54, 1.807) is 12.1 Å². The van der Waals surface area contributed by atoms with Gasteiger partial charge in [-0.15, -0.1) is 0 Å². The van der Waals surface area contributed by atoms with Crippen molar-refractivity contribution >= 4 is 22.6 Å². The predicted molar refractivity (Wildman–Crippen MR) is 120 cm³/mol. The number of furan rings is 1. The molecule has 0 N–H and O–H groups in total. The SMILES string of the molecule is N#Cc1nc(-c2ccco2)oc1N1CCN(C(=O)CCc2ccc3ccccc3c2)CC1. The number of oxazole rings is 1. The van der Waals surface area contributed by atoms with Crippen molar-refractivity contribution in [3.63, 3.8) is 0 Å². The van der Waals surface area contributed by atoms with Crippen molar-refractivity contribution in [1.29, 1.82) is 5.26 Å². The van der Waals surface area contributed by atoms with E-state index in [1.165, 1.54) is 22.6 Å². The summed E-state index contributed by atoms with van der Waals surface area (Å²) in [5.41, 5.74) is 1.40. The molecule has 1 amide bonds. The molecule has 0 saturated carbocycles. The van der Waals surface area contributed by atoms with Crippen molar-refractivity contribution in [2.24, 2.45) is 0 Å². The van der Waals surface area contributed by atoms with Gasteiger partial charge in [0.2, 0.25) is 17.5 Å². The van der Waals surface area contributed by atoms with Crippen LogP contribution in [0.5, 0.6) is 0 Å². The van der Waals surface area contributed by atoms with Gasteiger partial charge in [0.15, 0.2) is 5.76 Å². The highest BCUT2D eigenvalue weighted by atomic mass is 16.4. The van der Waals surface area contributed by atoms with Gasteiger partial charge in [-0.25, -0.2) is 0 Å². The van der Waals surface area contributed by atoms with Crippen LogP contribution in [0, 0.1) is 11.3 Å². The van der Waals surface area contributed by atoms with Gasteiger partial charge in [-0.05, 0) is 34.9 Å². The maximum atomic E-state index is 12.8. The van der Waals surface area contributed by atoms with Crippen LogP contribution in [0.4, 0.5) is 5.88 Å². The topological polar surface area (TPSA) is 86.5 Å². The molecule has 3 heterocycles. The third-order valence-electron chi connectivity index (χ3n) is 5.81. The van der Waals surface area contributed by atoms with Gasteiger partial charge < -0.3 is 18.6 Å². The number of benzene rings is 2. The summed E-state index contributed by atoms with van der Waals surface area (Å²) in [6, 6.07) is 20.2. The van der Waals surface area contributed by atoms with Crippen molar-refractivity contribution in [3.8, 4) is 17.7 Å². The molecule has 1 fully saturated rings. The van der Waals surface area contributed by atoms with E-state index >= 15 is 0 Å². The number of amides is 1. The van der Waals surface area contributed by atoms with Gasteiger partial charge in [0.1, 0.15) is 6.07 Å². The Morgan fingerprint density at radius 2 is 1.84 bits per heavy atom. The van der Waals surface area contributed by atoms with E-state index in [-0.39, 0.29) is 17.5 Å². The smallest absolute Gasteiger partial charge is 0.266 e. The lowest BCUT2D eigenvalue weighted by atomic mass is 10.0. The molecule has 0 spiro atoms. The molecule has 0 unspecified atom stereocenters. The van der Waals surface area contributed by atoms with Crippen molar-refractivity contribution in [2.75, 3.05) is 31.1 Å². The Bertz CT molecular complexity index is 1280. The van der Waals surface area contributed by atoms with Crippen LogP contribution < -0.4 is 4.90 Å². The summed E-state index contributed by atoms with van der Waals surface area (Å²) in [4.78, 5) is 20.9. The minimum absolute atomic E-state index is 0.146. The second-order valence-electron chi connectivity index (χ2n) is 7.81. The molecule has 0 atom stereocenters. The Labute approximate surface area is 185 Å². The fourth-order valence-corrected chi connectivity index (χ4v) is 4.07. The first-order valence-electron chi connectivity index (χ1n) is 10.7. The number of rotatable bonds is 5. The van der Waals surface area contributed by atoms with Crippen LogP contribution in [0.2, 0.25) is 0 Å². The first-order chi connectivity index (χ1) is 15.7. The highest BCUT2D eigenvalue weighted by Gasteiger charge is 2.27. The van der Waals surface area contributed by atoms with Crippen LogP contribution in [-0.4, -0.2) is 42.0 Å². The molecule has 2 aromatic carbocycles. The van der Waals surface area contributed by atoms with E-state index in [9.17, 15) is 10.1 Å². The predicted octanol–water partition coefficient (Wildman–Crippen LogP) is 4.24. The number of piperazine rings is 1. The summed E-state index contributed by atoms with van der Waals surface area (Å²) in [6.45, 7) is 2.34. The Morgan fingerprint density at radius 3 is 2.59 bits per heavy atom. The van der Waals surface area contributed by atoms with E-state index in [0.29, 0.717) is 44.2 Å². The third kappa shape index (κ3) is 3.95. The second kappa shape index (κ2) is 8.60. The number of nitriles is 1. The van der Waals surface area contributed by atoms with E-state index in [0.717, 1.165) is 6.42 Å². The Kier molecular flexibility index (Phi) is 5.34. The molecule has 0 aliphatic carbocycles. The van der Waals surface area contributed by atoms with Gasteiger partial charge in [0, 0.05) is 32.6 Å². The number of hydrogen-bond acceptors (Lipinski definition) is 6. The van der Waals surface area contributed by atoms with Crippen molar-refractivity contribution in [2.45, 2.75) is 12.8 Å². The summed E-state index contributed by atoms with van der Waals surface area (Å²) in [6.07, 6.45) is 2.73. The highest BCUT2D eigenvalue weighted by Crippen LogP contribution is 2.29. The molecule has 32 heavy (non-hydrogen) atoms. The van der Waals surface area contributed by atoms with E-state index in [2.05, 4.69) is 41.4 Å². The molecule has 160 valence electrons. The van der Waals surface area contributed by atoms with Crippen molar-refractivity contribution in [3.05, 3.63) is 72.1 Å². The maximum absolute atomic E-state index is 12.8. The lowest BCUT2D eigenvalue weighted by Gasteiger charge is -2.34. The molecular formula is C25H22N4O3. The Balaban J connectivity index is 1.19. The largest absolute Gasteiger partial charge is 0.459 e. The van der Waals surface area contributed by atoms with Gasteiger partial charge in [0.25, 0.3) is 5.89 Å². The fourth-order valence-electron chi connectivity index (χ4n) is 4.07. The van der Waals surface area contributed by atoms with Gasteiger partial charge in [-0.1, -0.05) is 42.5 Å². The first kappa shape index (κ1) is 19.9. The Morgan fingerprint density at radius 1 is 1.03 bits per heavy atom. The molecule has 1 aliphatic heterocycles. The van der Waals surface area contributed by atoms with E-state index < -0.39 is 0 Å².